The van der Waals surface area contributed by atoms with Gasteiger partial charge in [0.1, 0.15) is 10.7 Å². The molecule has 6 heteroatoms. The van der Waals surface area contributed by atoms with E-state index in [0.717, 1.165) is 41.3 Å². The van der Waals surface area contributed by atoms with E-state index < -0.39 is 5.91 Å². The first-order valence-corrected chi connectivity index (χ1v) is 13.2. The molecule has 1 aromatic carbocycles. The van der Waals surface area contributed by atoms with Gasteiger partial charge in [0.25, 0.3) is 11.8 Å². The van der Waals surface area contributed by atoms with Crippen LogP contribution in [-0.4, -0.2) is 16.4 Å². The van der Waals surface area contributed by atoms with E-state index in [1.807, 2.05) is 11.5 Å². The predicted octanol–water partition coefficient (Wildman–Crippen LogP) is 6.82. The molecular formula is C29H37N3O2S. The zero-order chi connectivity index (χ0) is 25.7. The number of anilines is 1. The Bertz CT molecular complexity index is 1320. The SMILES string of the molecule is C=CCn1c(C(=O)Nc2sc3c(c2C(N)=O)CCC(C(C)(C)C)C3)c(C)c2cc(C(C)C)ccc21. The van der Waals surface area contributed by atoms with E-state index in [-0.39, 0.29) is 11.3 Å². The van der Waals surface area contributed by atoms with E-state index in [1.54, 1.807) is 6.08 Å². The van der Waals surface area contributed by atoms with Gasteiger partial charge in [0, 0.05) is 22.3 Å². The number of amides is 2. The third-order valence-electron chi connectivity index (χ3n) is 7.50. The molecule has 35 heavy (non-hydrogen) atoms. The van der Waals surface area contributed by atoms with Gasteiger partial charge in [-0.05, 0) is 72.3 Å². The second kappa shape index (κ2) is 9.30. The summed E-state index contributed by atoms with van der Waals surface area (Å²) in [5.41, 5.74) is 11.3. The normalized spacial score (nSPS) is 15.9. The summed E-state index contributed by atoms with van der Waals surface area (Å²) < 4.78 is 2.00. The number of thiophene rings is 1. The number of hydrogen-bond acceptors (Lipinski definition) is 3. The number of rotatable bonds is 6. The summed E-state index contributed by atoms with van der Waals surface area (Å²) >= 11 is 1.51. The number of nitrogens with one attached hydrogen (secondary N) is 1. The predicted molar refractivity (Wildman–Crippen MR) is 147 cm³/mol. The number of nitrogens with zero attached hydrogens (tertiary/aromatic N) is 1. The molecule has 0 saturated heterocycles. The van der Waals surface area contributed by atoms with E-state index in [2.05, 4.69) is 64.7 Å². The number of nitrogens with two attached hydrogens (primary N) is 1. The smallest absolute Gasteiger partial charge is 0.273 e. The van der Waals surface area contributed by atoms with Gasteiger partial charge in [-0.2, -0.15) is 0 Å². The van der Waals surface area contributed by atoms with Gasteiger partial charge in [-0.3, -0.25) is 9.59 Å². The van der Waals surface area contributed by atoms with E-state index in [9.17, 15) is 9.59 Å². The maximum atomic E-state index is 13.7. The monoisotopic (exact) mass is 491 g/mol. The van der Waals surface area contributed by atoms with E-state index >= 15 is 0 Å². The number of benzene rings is 1. The lowest BCUT2D eigenvalue weighted by atomic mass is 9.72. The van der Waals surface area contributed by atoms with Crippen molar-refractivity contribution in [2.24, 2.45) is 17.1 Å². The van der Waals surface area contributed by atoms with E-state index in [4.69, 9.17) is 5.73 Å². The van der Waals surface area contributed by atoms with Crippen molar-refractivity contribution < 1.29 is 9.59 Å². The standard InChI is InChI=1S/C29H37N3O2S/c1-8-13-32-22-12-9-18(16(2)3)14-21(22)17(4)25(32)27(34)31-28-24(26(30)33)20-11-10-19(29(5,6)7)15-23(20)35-28/h8-9,12,14,16,19H,1,10-11,13,15H2,2-7H3,(H2,30,33)(H,31,34). The van der Waals surface area contributed by atoms with Gasteiger partial charge in [0.15, 0.2) is 0 Å². The molecule has 186 valence electrons. The highest BCUT2D eigenvalue weighted by molar-refractivity contribution is 7.17. The highest BCUT2D eigenvalue weighted by Crippen LogP contribution is 2.44. The molecule has 5 nitrogen and oxygen atoms in total. The topological polar surface area (TPSA) is 77.1 Å². The fourth-order valence-electron chi connectivity index (χ4n) is 5.35. The highest BCUT2D eigenvalue weighted by atomic mass is 32.1. The molecule has 1 aliphatic carbocycles. The van der Waals surface area contributed by atoms with Crippen LogP contribution in [0.1, 0.15) is 89.4 Å². The zero-order valence-corrected chi connectivity index (χ0v) is 22.6. The fourth-order valence-corrected chi connectivity index (χ4v) is 6.67. The van der Waals surface area contributed by atoms with Crippen LogP contribution in [0.2, 0.25) is 0 Å². The molecule has 2 amide bonds. The van der Waals surface area contributed by atoms with Crippen molar-refractivity contribution in [1.82, 2.24) is 4.57 Å². The number of aryl methyl sites for hydroxylation is 1. The summed E-state index contributed by atoms with van der Waals surface area (Å²) in [7, 11) is 0. The quantitative estimate of drug-likeness (QED) is 0.371. The fraction of sp³-hybridized carbons (Fsp3) is 0.448. The van der Waals surface area contributed by atoms with Crippen LogP contribution in [-0.2, 0) is 19.4 Å². The third kappa shape index (κ3) is 4.56. The summed E-state index contributed by atoms with van der Waals surface area (Å²) in [5.74, 6) is 0.230. The van der Waals surface area contributed by atoms with Crippen LogP contribution in [0, 0.1) is 18.3 Å². The van der Waals surface area contributed by atoms with Crippen LogP contribution < -0.4 is 11.1 Å². The molecule has 3 aromatic rings. The molecule has 1 aliphatic rings. The second-order valence-corrected chi connectivity index (χ2v) is 12.2. The molecule has 0 aliphatic heterocycles. The van der Waals surface area contributed by atoms with Crippen molar-refractivity contribution in [3.8, 4) is 0 Å². The van der Waals surface area contributed by atoms with Crippen LogP contribution in [0.5, 0.6) is 0 Å². The van der Waals surface area contributed by atoms with Crippen molar-refractivity contribution >= 4 is 39.1 Å². The molecule has 2 aromatic heterocycles. The van der Waals surface area contributed by atoms with Crippen molar-refractivity contribution in [2.45, 2.75) is 73.3 Å². The minimum Gasteiger partial charge on any atom is -0.365 e. The first-order chi connectivity index (χ1) is 16.4. The van der Waals surface area contributed by atoms with Gasteiger partial charge in [-0.15, -0.1) is 17.9 Å². The molecule has 0 radical (unpaired) electrons. The summed E-state index contributed by atoms with van der Waals surface area (Å²) in [6.45, 7) is 17.5. The molecular weight excluding hydrogens is 454 g/mol. The van der Waals surface area contributed by atoms with Crippen molar-refractivity contribution in [2.75, 3.05) is 5.32 Å². The Hall–Kier alpha value is -2.86. The van der Waals surface area contributed by atoms with E-state index in [0.29, 0.717) is 34.6 Å². The molecule has 0 saturated carbocycles. The summed E-state index contributed by atoms with van der Waals surface area (Å²) in [6, 6.07) is 6.39. The zero-order valence-electron chi connectivity index (χ0n) is 21.7. The number of primary amides is 1. The Kier molecular flexibility index (Phi) is 6.71. The molecule has 1 atom stereocenters. The number of fused-ring (bicyclic) bond motifs is 2. The van der Waals surface area contributed by atoms with Crippen molar-refractivity contribution in [3.63, 3.8) is 0 Å². The van der Waals surface area contributed by atoms with Gasteiger partial charge >= 0.3 is 0 Å². The first-order valence-electron chi connectivity index (χ1n) is 12.4. The molecule has 0 spiro atoms. The van der Waals surface area contributed by atoms with Gasteiger partial charge in [0.05, 0.1) is 5.56 Å². The Morgan fingerprint density at radius 3 is 2.63 bits per heavy atom. The maximum absolute atomic E-state index is 13.7. The lowest BCUT2D eigenvalue weighted by molar-refractivity contribution is 0.1000. The number of hydrogen-bond donors (Lipinski definition) is 2. The van der Waals surface area contributed by atoms with Crippen molar-refractivity contribution in [1.29, 1.82) is 0 Å². The Morgan fingerprint density at radius 1 is 1.31 bits per heavy atom. The summed E-state index contributed by atoms with van der Waals surface area (Å²) in [4.78, 5) is 27.4. The average Bonchev–Trinajstić information content (AvgIpc) is 3.27. The number of allylic oxidation sites excluding steroid dienone is 1. The minimum absolute atomic E-state index is 0.190. The Balaban J connectivity index is 1.76. The average molecular weight is 492 g/mol. The van der Waals surface area contributed by atoms with Crippen LogP contribution in [0.3, 0.4) is 0 Å². The summed E-state index contributed by atoms with van der Waals surface area (Å²) in [6.07, 6.45) is 4.55. The van der Waals surface area contributed by atoms with Crippen LogP contribution >= 0.6 is 11.3 Å². The molecule has 1 unspecified atom stereocenters. The van der Waals surface area contributed by atoms with Gasteiger partial charge in [-0.1, -0.05) is 46.8 Å². The number of carbonyl (C=O) groups excluding carboxylic acids is 2. The summed E-state index contributed by atoms with van der Waals surface area (Å²) in [5, 5.41) is 4.72. The first kappa shape index (κ1) is 25.2. The third-order valence-corrected chi connectivity index (χ3v) is 8.67. The Morgan fingerprint density at radius 2 is 2.03 bits per heavy atom. The van der Waals surface area contributed by atoms with E-state index in [1.165, 1.54) is 21.8 Å². The maximum Gasteiger partial charge on any atom is 0.273 e. The molecule has 0 fully saturated rings. The highest BCUT2D eigenvalue weighted by Gasteiger charge is 2.34. The lowest BCUT2D eigenvalue weighted by Gasteiger charge is -2.33. The molecule has 2 heterocycles. The van der Waals surface area contributed by atoms with Crippen LogP contribution in [0.15, 0.2) is 30.9 Å². The number of aromatic nitrogens is 1. The minimum atomic E-state index is -0.475. The lowest BCUT2D eigenvalue weighted by Crippen LogP contribution is -2.27. The van der Waals surface area contributed by atoms with Gasteiger partial charge in [-0.25, -0.2) is 0 Å². The largest absolute Gasteiger partial charge is 0.365 e. The number of carbonyl (C=O) groups is 2. The van der Waals surface area contributed by atoms with Gasteiger partial charge in [0.2, 0.25) is 0 Å². The Labute approximate surface area is 212 Å². The molecule has 3 N–H and O–H groups in total. The van der Waals surface area contributed by atoms with Crippen molar-refractivity contribution in [3.05, 3.63) is 63.7 Å². The van der Waals surface area contributed by atoms with Crippen LogP contribution in [0.4, 0.5) is 5.00 Å². The van der Waals surface area contributed by atoms with Gasteiger partial charge < -0.3 is 15.6 Å². The molecule has 4 rings (SSSR count). The molecule has 0 bridgehead atoms. The second-order valence-electron chi connectivity index (χ2n) is 11.1. The van der Waals surface area contributed by atoms with Crippen LogP contribution in [0.25, 0.3) is 10.9 Å².